The van der Waals surface area contributed by atoms with Gasteiger partial charge in [0, 0.05) is 10.0 Å². The number of rotatable bonds is 2. The molecule has 0 radical (unpaired) electrons. The maximum atomic E-state index is 12.0. The standard InChI is InChI=1S/C16H13BrN2O2/c1-21-12-4-2-3-10(7-12)14-9-16(20)19-13-6-5-11(17)8-15(13)18-14/h2-8H,9H2,1H3,(H,19,20). The number of anilines is 1. The lowest BCUT2D eigenvalue weighted by atomic mass is 10.1. The molecule has 2 aromatic carbocycles. The number of hydrogen-bond acceptors (Lipinski definition) is 3. The molecule has 2 aromatic rings. The van der Waals surface area contributed by atoms with Gasteiger partial charge in [-0.2, -0.15) is 0 Å². The monoisotopic (exact) mass is 344 g/mol. The fraction of sp³-hybridized carbons (Fsp3) is 0.125. The highest BCUT2D eigenvalue weighted by molar-refractivity contribution is 9.10. The minimum atomic E-state index is -0.0716. The summed E-state index contributed by atoms with van der Waals surface area (Å²) in [6.45, 7) is 0. The largest absolute Gasteiger partial charge is 0.497 e. The summed E-state index contributed by atoms with van der Waals surface area (Å²) < 4.78 is 6.15. The van der Waals surface area contributed by atoms with Crippen molar-refractivity contribution in [1.82, 2.24) is 0 Å². The van der Waals surface area contributed by atoms with E-state index < -0.39 is 0 Å². The number of halogens is 1. The fourth-order valence-corrected chi connectivity index (χ4v) is 2.55. The molecule has 106 valence electrons. The van der Waals surface area contributed by atoms with E-state index in [9.17, 15) is 4.79 Å². The number of carbonyl (C=O) groups is 1. The van der Waals surface area contributed by atoms with E-state index in [1.54, 1.807) is 7.11 Å². The predicted molar refractivity (Wildman–Crippen MR) is 86.6 cm³/mol. The van der Waals surface area contributed by atoms with Crippen molar-refractivity contribution in [1.29, 1.82) is 0 Å². The van der Waals surface area contributed by atoms with Crippen LogP contribution in [0.3, 0.4) is 0 Å². The molecule has 0 spiro atoms. The Labute approximate surface area is 131 Å². The Morgan fingerprint density at radius 1 is 1.24 bits per heavy atom. The van der Waals surface area contributed by atoms with Crippen LogP contribution in [-0.4, -0.2) is 18.7 Å². The zero-order valence-corrected chi connectivity index (χ0v) is 13.0. The predicted octanol–water partition coefficient (Wildman–Crippen LogP) is 3.92. The molecule has 0 atom stereocenters. The Bertz CT molecular complexity index is 741. The Morgan fingerprint density at radius 3 is 2.90 bits per heavy atom. The number of nitrogens with zero attached hydrogens (tertiary/aromatic N) is 1. The van der Waals surface area contributed by atoms with Crippen molar-refractivity contribution in [2.45, 2.75) is 6.42 Å². The molecule has 1 aliphatic rings. The molecule has 3 rings (SSSR count). The first-order valence-electron chi connectivity index (χ1n) is 6.47. The smallest absolute Gasteiger partial charge is 0.230 e. The number of fused-ring (bicyclic) bond motifs is 1. The van der Waals surface area contributed by atoms with Gasteiger partial charge < -0.3 is 10.1 Å². The van der Waals surface area contributed by atoms with Gasteiger partial charge in [0.15, 0.2) is 0 Å². The van der Waals surface area contributed by atoms with E-state index in [0.717, 1.165) is 32.9 Å². The van der Waals surface area contributed by atoms with Crippen LogP contribution in [0.5, 0.6) is 5.75 Å². The van der Waals surface area contributed by atoms with Gasteiger partial charge in [-0.25, -0.2) is 0 Å². The van der Waals surface area contributed by atoms with Crippen molar-refractivity contribution >= 4 is 38.9 Å². The van der Waals surface area contributed by atoms with Crippen LogP contribution >= 0.6 is 15.9 Å². The molecule has 0 bridgehead atoms. The van der Waals surface area contributed by atoms with Crippen molar-refractivity contribution < 1.29 is 9.53 Å². The molecule has 1 aliphatic heterocycles. The average Bonchev–Trinajstić information content (AvgIpc) is 2.65. The van der Waals surface area contributed by atoms with Crippen LogP contribution in [0.15, 0.2) is 51.9 Å². The molecule has 0 aliphatic carbocycles. The van der Waals surface area contributed by atoms with Gasteiger partial charge in [0.25, 0.3) is 0 Å². The van der Waals surface area contributed by atoms with Crippen LogP contribution in [0.25, 0.3) is 0 Å². The number of methoxy groups -OCH3 is 1. The first-order chi connectivity index (χ1) is 10.2. The SMILES string of the molecule is COc1cccc(C2=Nc3cc(Br)ccc3NC(=O)C2)c1. The number of hydrogen-bond donors (Lipinski definition) is 1. The maximum absolute atomic E-state index is 12.0. The number of benzene rings is 2. The molecule has 1 heterocycles. The van der Waals surface area contributed by atoms with E-state index in [1.165, 1.54) is 0 Å². The van der Waals surface area contributed by atoms with Crippen LogP contribution < -0.4 is 10.1 Å². The molecule has 21 heavy (non-hydrogen) atoms. The van der Waals surface area contributed by atoms with Crippen molar-refractivity contribution in [3.63, 3.8) is 0 Å². The van der Waals surface area contributed by atoms with Gasteiger partial charge in [-0.3, -0.25) is 9.79 Å². The van der Waals surface area contributed by atoms with Crippen LogP contribution in [0.2, 0.25) is 0 Å². The first kappa shape index (κ1) is 13.8. The molecule has 0 unspecified atom stereocenters. The second kappa shape index (κ2) is 5.69. The van der Waals surface area contributed by atoms with Crippen LogP contribution in [0, 0.1) is 0 Å². The third kappa shape index (κ3) is 2.97. The summed E-state index contributed by atoms with van der Waals surface area (Å²) in [5.41, 5.74) is 3.08. The van der Waals surface area contributed by atoms with E-state index in [-0.39, 0.29) is 12.3 Å². The number of nitrogens with one attached hydrogen (secondary N) is 1. The zero-order valence-electron chi connectivity index (χ0n) is 11.4. The molecule has 4 nitrogen and oxygen atoms in total. The lowest BCUT2D eigenvalue weighted by Crippen LogP contribution is -2.14. The van der Waals surface area contributed by atoms with Gasteiger partial charge in [-0.05, 0) is 30.3 Å². The molecule has 0 saturated heterocycles. The third-order valence-corrected chi connectivity index (χ3v) is 3.71. The lowest BCUT2D eigenvalue weighted by Gasteiger charge is -2.06. The summed E-state index contributed by atoms with van der Waals surface area (Å²) in [6.07, 6.45) is 0.236. The molecule has 0 aromatic heterocycles. The van der Waals surface area contributed by atoms with E-state index >= 15 is 0 Å². The van der Waals surface area contributed by atoms with Crippen molar-refractivity contribution in [3.8, 4) is 5.75 Å². The molecular formula is C16H13BrN2O2. The summed E-state index contributed by atoms with van der Waals surface area (Å²) in [4.78, 5) is 16.7. The minimum absolute atomic E-state index is 0.0716. The second-order valence-corrected chi connectivity index (χ2v) is 5.59. The second-order valence-electron chi connectivity index (χ2n) is 4.68. The molecule has 0 saturated carbocycles. The quantitative estimate of drug-likeness (QED) is 0.897. The van der Waals surface area contributed by atoms with Crippen molar-refractivity contribution in [3.05, 3.63) is 52.5 Å². The maximum Gasteiger partial charge on any atom is 0.230 e. The van der Waals surface area contributed by atoms with Crippen LogP contribution in [-0.2, 0) is 4.79 Å². The van der Waals surface area contributed by atoms with Crippen LogP contribution in [0.4, 0.5) is 11.4 Å². The number of carbonyl (C=O) groups excluding carboxylic acids is 1. The Morgan fingerprint density at radius 2 is 2.10 bits per heavy atom. The topological polar surface area (TPSA) is 50.7 Å². The molecule has 0 fully saturated rings. The first-order valence-corrected chi connectivity index (χ1v) is 7.26. The number of aliphatic imine (C=N–C) groups is 1. The van der Waals surface area contributed by atoms with Gasteiger partial charge in [0.1, 0.15) is 5.75 Å². The highest BCUT2D eigenvalue weighted by Gasteiger charge is 2.17. The van der Waals surface area contributed by atoms with E-state index in [0.29, 0.717) is 0 Å². The summed E-state index contributed by atoms with van der Waals surface area (Å²) in [7, 11) is 1.62. The third-order valence-electron chi connectivity index (χ3n) is 3.22. The van der Waals surface area contributed by atoms with Gasteiger partial charge >= 0.3 is 0 Å². The van der Waals surface area contributed by atoms with E-state index in [2.05, 4.69) is 26.2 Å². The summed E-state index contributed by atoms with van der Waals surface area (Å²) in [6, 6.07) is 13.2. The number of ether oxygens (including phenoxy) is 1. The molecule has 5 heteroatoms. The number of amides is 1. The van der Waals surface area contributed by atoms with Gasteiger partial charge in [0.05, 0.1) is 30.6 Å². The van der Waals surface area contributed by atoms with Gasteiger partial charge in [-0.15, -0.1) is 0 Å². The highest BCUT2D eigenvalue weighted by Crippen LogP contribution is 2.32. The molecular weight excluding hydrogens is 332 g/mol. The van der Waals surface area contributed by atoms with Gasteiger partial charge in [0.2, 0.25) is 5.91 Å². The van der Waals surface area contributed by atoms with Crippen LogP contribution in [0.1, 0.15) is 12.0 Å². The Hall–Kier alpha value is -2.14. The normalized spacial score (nSPS) is 13.8. The minimum Gasteiger partial charge on any atom is -0.497 e. The summed E-state index contributed by atoms with van der Waals surface area (Å²) >= 11 is 3.43. The Kier molecular flexibility index (Phi) is 3.75. The van der Waals surface area contributed by atoms with Crippen molar-refractivity contribution in [2.24, 2.45) is 4.99 Å². The van der Waals surface area contributed by atoms with E-state index in [4.69, 9.17) is 4.74 Å². The average molecular weight is 345 g/mol. The van der Waals surface area contributed by atoms with E-state index in [1.807, 2.05) is 42.5 Å². The summed E-state index contributed by atoms with van der Waals surface area (Å²) in [5.74, 6) is 0.673. The fourth-order valence-electron chi connectivity index (χ4n) is 2.20. The highest BCUT2D eigenvalue weighted by atomic mass is 79.9. The lowest BCUT2D eigenvalue weighted by molar-refractivity contribution is -0.115. The van der Waals surface area contributed by atoms with Crippen molar-refractivity contribution in [2.75, 3.05) is 12.4 Å². The summed E-state index contributed by atoms with van der Waals surface area (Å²) in [5, 5.41) is 2.87. The molecule has 1 N–H and O–H groups in total. The Balaban J connectivity index is 2.10. The zero-order chi connectivity index (χ0) is 14.8. The van der Waals surface area contributed by atoms with Gasteiger partial charge in [-0.1, -0.05) is 28.1 Å². The molecule has 1 amide bonds.